The number of aromatic nitrogens is 2. The molecule has 0 saturated carbocycles. The van der Waals surface area contributed by atoms with Gasteiger partial charge < -0.3 is 10.1 Å². The van der Waals surface area contributed by atoms with E-state index in [9.17, 15) is 0 Å². The van der Waals surface area contributed by atoms with E-state index in [4.69, 9.17) is 4.74 Å². The predicted molar refractivity (Wildman–Crippen MR) is 57.3 cm³/mol. The molecule has 1 aromatic rings. The Morgan fingerprint density at radius 3 is 2.93 bits per heavy atom. The summed E-state index contributed by atoms with van der Waals surface area (Å²) in [5.41, 5.74) is 1.24. The minimum atomic E-state index is 0.198. The molecule has 4 nitrogen and oxygen atoms in total. The van der Waals surface area contributed by atoms with Crippen LogP contribution in [0.1, 0.15) is 25.5 Å². The van der Waals surface area contributed by atoms with Crippen molar-refractivity contribution in [3.63, 3.8) is 0 Å². The Kier molecular flexibility index (Phi) is 3.28. The van der Waals surface area contributed by atoms with E-state index in [2.05, 4.69) is 22.2 Å². The standard InChI is InChI=1S/C11H17N3O/c1-11(3-6-15-7-4-11)14-8-10-2-5-12-9-13-10/h2,5,9,14H,3-4,6-8H2,1H3. The number of hydrogen-bond donors (Lipinski definition) is 1. The highest BCUT2D eigenvalue weighted by Gasteiger charge is 2.26. The average molecular weight is 207 g/mol. The van der Waals surface area contributed by atoms with Crippen molar-refractivity contribution in [3.8, 4) is 0 Å². The molecule has 0 bridgehead atoms. The van der Waals surface area contributed by atoms with Gasteiger partial charge in [0.05, 0.1) is 5.69 Å². The van der Waals surface area contributed by atoms with Crippen molar-refractivity contribution in [1.82, 2.24) is 15.3 Å². The molecule has 0 aliphatic carbocycles. The fraction of sp³-hybridized carbons (Fsp3) is 0.636. The maximum Gasteiger partial charge on any atom is 0.115 e. The molecule has 2 heterocycles. The molecule has 0 spiro atoms. The highest BCUT2D eigenvalue weighted by atomic mass is 16.5. The van der Waals surface area contributed by atoms with Gasteiger partial charge in [-0.15, -0.1) is 0 Å². The van der Waals surface area contributed by atoms with Gasteiger partial charge in [0.15, 0.2) is 0 Å². The van der Waals surface area contributed by atoms with Crippen molar-refractivity contribution in [3.05, 3.63) is 24.3 Å². The van der Waals surface area contributed by atoms with Crippen molar-refractivity contribution < 1.29 is 4.74 Å². The van der Waals surface area contributed by atoms with Crippen molar-refractivity contribution in [1.29, 1.82) is 0 Å². The van der Waals surface area contributed by atoms with Crippen LogP contribution in [-0.2, 0) is 11.3 Å². The molecule has 1 aromatic heterocycles. The fourth-order valence-electron chi connectivity index (χ4n) is 1.73. The monoisotopic (exact) mass is 207 g/mol. The van der Waals surface area contributed by atoms with Gasteiger partial charge in [0, 0.05) is 31.5 Å². The van der Waals surface area contributed by atoms with Crippen LogP contribution in [0.15, 0.2) is 18.6 Å². The summed E-state index contributed by atoms with van der Waals surface area (Å²) in [5, 5.41) is 3.54. The minimum absolute atomic E-state index is 0.198. The van der Waals surface area contributed by atoms with Gasteiger partial charge in [-0.1, -0.05) is 0 Å². The van der Waals surface area contributed by atoms with E-state index >= 15 is 0 Å². The van der Waals surface area contributed by atoms with E-state index in [-0.39, 0.29) is 5.54 Å². The topological polar surface area (TPSA) is 47.0 Å². The zero-order chi connectivity index (χ0) is 10.6. The number of nitrogens with zero attached hydrogens (tertiary/aromatic N) is 2. The summed E-state index contributed by atoms with van der Waals surface area (Å²) in [7, 11) is 0. The predicted octanol–water partition coefficient (Wildman–Crippen LogP) is 1.14. The molecule has 1 aliphatic rings. The fourth-order valence-corrected chi connectivity index (χ4v) is 1.73. The molecule has 0 unspecified atom stereocenters. The van der Waals surface area contributed by atoms with Crippen LogP contribution < -0.4 is 5.32 Å². The van der Waals surface area contributed by atoms with Gasteiger partial charge in [0.25, 0.3) is 0 Å². The Bertz CT molecular complexity index is 296. The molecule has 0 aromatic carbocycles. The Hall–Kier alpha value is -1.00. The molecule has 1 N–H and O–H groups in total. The first kappa shape index (κ1) is 10.5. The molecule has 15 heavy (non-hydrogen) atoms. The molecule has 4 heteroatoms. The van der Waals surface area contributed by atoms with Gasteiger partial charge in [-0.2, -0.15) is 0 Å². The van der Waals surface area contributed by atoms with Crippen LogP contribution >= 0.6 is 0 Å². The SMILES string of the molecule is CC1(NCc2ccncn2)CCOCC1. The summed E-state index contributed by atoms with van der Waals surface area (Å²) >= 11 is 0. The third-order valence-electron chi connectivity index (χ3n) is 2.94. The van der Waals surface area contributed by atoms with Crippen LogP contribution in [0.2, 0.25) is 0 Å². The van der Waals surface area contributed by atoms with Crippen LogP contribution in [0.5, 0.6) is 0 Å². The summed E-state index contributed by atoms with van der Waals surface area (Å²) in [4.78, 5) is 8.09. The molecule has 2 rings (SSSR count). The third kappa shape index (κ3) is 2.97. The van der Waals surface area contributed by atoms with Crippen LogP contribution in [0.4, 0.5) is 0 Å². The average Bonchev–Trinajstić information content (AvgIpc) is 2.29. The molecule has 0 atom stereocenters. The van der Waals surface area contributed by atoms with Gasteiger partial charge in [-0.25, -0.2) is 9.97 Å². The quantitative estimate of drug-likeness (QED) is 0.807. The largest absolute Gasteiger partial charge is 0.381 e. The summed E-state index contributed by atoms with van der Waals surface area (Å²) in [6.45, 7) is 4.76. The van der Waals surface area contributed by atoms with Crippen LogP contribution in [0, 0.1) is 0 Å². The van der Waals surface area contributed by atoms with Crippen molar-refractivity contribution in [2.75, 3.05) is 13.2 Å². The Labute approximate surface area is 90.1 Å². The van der Waals surface area contributed by atoms with E-state index in [1.54, 1.807) is 12.5 Å². The van der Waals surface area contributed by atoms with Crippen LogP contribution in [0.3, 0.4) is 0 Å². The summed E-state index contributed by atoms with van der Waals surface area (Å²) in [5.74, 6) is 0. The molecular weight excluding hydrogens is 190 g/mol. The molecule has 82 valence electrons. The summed E-state index contributed by atoms with van der Waals surface area (Å²) < 4.78 is 5.35. The lowest BCUT2D eigenvalue weighted by molar-refractivity contribution is 0.0445. The number of hydrogen-bond acceptors (Lipinski definition) is 4. The first-order valence-corrected chi connectivity index (χ1v) is 5.36. The lowest BCUT2D eigenvalue weighted by Crippen LogP contribution is -2.46. The molecule has 0 amide bonds. The first-order valence-electron chi connectivity index (χ1n) is 5.36. The van der Waals surface area contributed by atoms with Gasteiger partial charge in [-0.3, -0.25) is 0 Å². The van der Waals surface area contributed by atoms with Crippen molar-refractivity contribution in [2.45, 2.75) is 31.8 Å². The van der Waals surface area contributed by atoms with Crippen LogP contribution in [-0.4, -0.2) is 28.7 Å². The lowest BCUT2D eigenvalue weighted by Gasteiger charge is -2.34. The smallest absolute Gasteiger partial charge is 0.115 e. The van der Waals surface area contributed by atoms with E-state index in [1.165, 1.54) is 0 Å². The van der Waals surface area contributed by atoms with Gasteiger partial charge in [0.2, 0.25) is 0 Å². The second-order valence-electron chi connectivity index (χ2n) is 4.23. The highest BCUT2D eigenvalue weighted by Crippen LogP contribution is 2.19. The van der Waals surface area contributed by atoms with Crippen molar-refractivity contribution >= 4 is 0 Å². The second kappa shape index (κ2) is 4.68. The minimum Gasteiger partial charge on any atom is -0.381 e. The summed E-state index contributed by atoms with van der Waals surface area (Å²) in [6, 6.07) is 1.94. The third-order valence-corrected chi connectivity index (χ3v) is 2.94. The van der Waals surface area contributed by atoms with E-state index in [0.717, 1.165) is 38.3 Å². The number of rotatable bonds is 3. The number of nitrogens with one attached hydrogen (secondary N) is 1. The molecule has 0 radical (unpaired) electrons. The van der Waals surface area contributed by atoms with Crippen LogP contribution in [0.25, 0.3) is 0 Å². The lowest BCUT2D eigenvalue weighted by atomic mass is 9.92. The van der Waals surface area contributed by atoms with Gasteiger partial charge in [-0.05, 0) is 25.8 Å². The Morgan fingerprint density at radius 1 is 1.47 bits per heavy atom. The zero-order valence-corrected chi connectivity index (χ0v) is 9.07. The van der Waals surface area contributed by atoms with E-state index in [1.807, 2.05) is 6.07 Å². The normalized spacial score (nSPS) is 20.1. The highest BCUT2D eigenvalue weighted by molar-refractivity contribution is 4.99. The number of ether oxygens (including phenoxy) is 1. The molecule has 1 saturated heterocycles. The summed E-state index contributed by atoms with van der Waals surface area (Å²) in [6.07, 6.45) is 5.50. The van der Waals surface area contributed by atoms with Crippen molar-refractivity contribution in [2.24, 2.45) is 0 Å². The van der Waals surface area contributed by atoms with Gasteiger partial charge >= 0.3 is 0 Å². The Balaban J connectivity index is 1.87. The Morgan fingerprint density at radius 2 is 2.27 bits per heavy atom. The maximum absolute atomic E-state index is 5.35. The van der Waals surface area contributed by atoms with E-state index < -0.39 is 0 Å². The first-order chi connectivity index (χ1) is 7.29. The van der Waals surface area contributed by atoms with E-state index in [0.29, 0.717) is 0 Å². The zero-order valence-electron chi connectivity index (χ0n) is 9.07. The second-order valence-corrected chi connectivity index (χ2v) is 4.23. The maximum atomic E-state index is 5.35. The molecule has 1 fully saturated rings. The molecule has 1 aliphatic heterocycles. The van der Waals surface area contributed by atoms with Gasteiger partial charge in [0.1, 0.15) is 6.33 Å². The molecular formula is C11H17N3O.